The number of aldehydes is 1. The van der Waals surface area contributed by atoms with Crippen LogP contribution in [0.5, 0.6) is 17.2 Å². The Bertz CT molecular complexity index is 3860. The number of aliphatic carboxylic acids is 1. The van der Waals surface area contributed by atoms with E-state index in [-0.39, 0.29) is 101 Å². The van der Waals surface area contributed by atoms with Gasteiger partial charge in [0.1, 0.15) is 42.0 Å². The van der Waals surface area contributed by atoms with Crippen molar-refractivity contribution >= 4 is 35.8 Å². The first-order valence-corrected chi connectivity index (χ1v) is 37.3. The summed E-state index contributed by atoms with van der Waals surface area (Å²) in [5.74, 6) is -1.03. The van der Waals surface area contributed by atoms with Crippen LogP contribution < -0.4 is 22.5 Å². The van der Waals surface area contributed by atoms with Crippen LogP contribution >= 0.6 is 0 Å². The molecule has 1 saturated carbocycles. The van der Waals surface area contributed by atoms with Crippen LogP contribution in [0.1, 0.15) is 209 Å². The Balaban J connectivity index is 0.000000304. The molecule has 18 nitrogen and oxygen atoms in total. The summed E-state index contributed by atoms with van der Waals surface area (Å²) < 4.78 is 37.1. The lowest BCUT2D eigenvalue weighted by atomic mass is 9.71. The van der Waals surface area contributed by atoms with E-state index < -0.39 is 47.6 Å². The molecule has 2 aliphatic heterocycles. The van der Waals surface area contributed by atoms with Crippen LogP contribution in [0.15, 0.2) is 152 Å². The van der Waals surface area contributed by atoms with Crippen molar-refractivity contribution in [1.82, 2.24) is 21.7 Å². The molecule has 10 rings (SSSR count). The predicted octanol–water partition coefficient (Wildman–Crippen LogP) is 16.7. The van der Waals surface area contributed by atoms with Crippen LogP contribution in [0.3, 0.4) is 0 Å². The zero-order valence-corrected chi connectivity index (χ0v) is 65.4. The van der Waals surface area contributed by atoms with Crippen molar-refractivity contribution in [1.29, 1.82) is 0 Å². The number of nitrogens with two attached hydrogens (primary N) is 1. The van der Waals surface area contributed by atoms with Crippen LogP contribution in [0.4, 0.5) is 13.2 Å². The zero-order valence-electron chi connectivity index (χ0n) is 65.4. The van der Waals surface area contributed by atoms with E-state index in [0.29, 0.717) is 38.0 Å². The number of benzene rings is 5. The molecule has 21 heteroatoms. The zero-order chi connectivity index (χ0) is 79.7. The molecule has 3 unspecified atom stereocenters. The summed E-state index contributed by atoms with van der Waals surface area (Å²) in [7, 11) is 1.68. The monoisotopic (exact) mass is 1500 g/mol. The second-order valence-electron chi connectivity index (χ2n) is 31.7. The molecule has 0 aromatic heterocycles. The lowest BCUT2D eigenvalue weighted by molar-refractivity contribution is -0.159. The number of allylic oxidation sites excluding steroid dienone is 2. The predicted molar refractivity (Wildman–Crippen MR) is 419 cm³/mol. The highest BCUT2D eigenvalue weighted by molar-refractivity contribution is 5.93. The van der Waals surface area contributed by atoms with Gasteiger partial charge in [-0.05, 0) is 200 Å². The van der Waals surface area contributed by atoms with Gasteiger partial charge in [-0.3, -0.25) is 24.0 Å². The number of rotatable bonds is 20. The Kier molecular flexibility index (Phi) is 35.7. The maximum absolute atomic E-state index is 13.8. The lowest BCUT2D eigenvalue weighted by Crippen LogP contribution is -2.56. The number of aliphatic hydroxyl groups excluding tert-OH is 1. The van der Waals surface area contributed by atoms with Crippen LogP contribution in [0.25, 0.3) is 4.85 Å². The van der Waals surface area contributed by atoms with E-state index in [1.54, 1.807) is 73.5 Å². The highest BCUT2D eigenvalue weighted by atomic mass is 19.4. The highest BCUT2D eigenvalue weighted by Crippen LogP contribution is 2.51. The summed E-state index contributed by atoms with van der Waals surface area (Å²) in [5, 5.41) is 51.1. The van der Waals surface area contributed by atoms with Gasteiger partial charge in [-0.1, -0.05) is 173 Å². The Hall–Kier alpha value is -8.94. The number of carbonyl (C=O) groups excluding carboxylic acids is 5. The second kappa shape index (κ2) is 42.1. The standard InChI is InChI=1S/C30H41NO4.C26H33N3O3.C11H11N.C10H12O3.C8H16O.C2H3F3O.H3N/c1-20(17-22-13-15-24(32)16-14-22)28(33)18-26(30(3,4)19-21(2)35-5)29(34)31-27-12-8-10-23-9-6-7-11-25(23)27;1-5-7-18-15(2)8-6-9-21(18)28-24(31)23-26(3,4)14-22-19-13-17(30)11-10-16(19)12-20(27)25(32)29(22)23;1-12-11-8-4-6-9-5-2-3-7-10(9)11;1-7(10(12)13)6-8-2-4-9(11)5-3-8;1-7(2)5-8(3,4)6-9;3-2(4,5)1-6;/h6-7,9,11,13-16,20-21,26-27,32H,8,10,12,17-19H2,1-5H3,(H,31,34);5,7,10-11,13,20-23,30H,1-2,6,8-9,12,14,27H2,3-4H3,(H,28,31);2-3,5,7,11H,4,6,8H2;2-5,7,11H,6H2,1H3,(H,12,13);6-7H,5H2,1-4H3;6H,1H2;1H3/b;18-7+;;;;;/t20-,21?,26?,27+;20-,21+,22+,23?;11-;7-;;;/m0010.../s1. The maximum atomic E-state index is 13.8. The first kappa shape index (κ1) is 91.4. The topological polar surface area (TPSA) is 305 Å². The smallest absolute Gasteiger partial charge is 0.411 e. The van der Waals surface area contributed by atoms with Crippen molar-refractivity contribution < 1.29 is 72.2 Å². The van der Waals surface area contributed by atoms with Crippen molar-refractivity contribution in [3.63, 3.8) is 0 Å². The molecular weight excluding hydrogens is 1380 g/mol. The van der Waals surface area contributed by atoms with E-state index in [1.807, 2.05) is 78.0 Å². The van der Waals surface area contributed by atoms with Gasteiger partial charge >= 0.3 is 12.1 Å². The van der Waals surface area contributed by atoms with Crippen molar-refractivity contribution in [3.05, 3.63) is 208 Å². The molecule has 3 aliphatic carbocycles. The van der Waals surface area contributed by atoms with Crippen LogP contribution in [-0.2, 0) is 65.6 Å². The molecule has 108 heavy (non-hydrogen) atoms. The summed E-state index contributed by atoms with van der Waals surface area (Å²) in [6.45, 7) is 35.3. The number of aryl methyl sites for hydroxylation is 2. The average Bonchev–Trinajstić information content (AvgIpc) is 1.58. The minimum atomic E-state index is -4.40. The van der Waals surface area contributed by atoms with E-state index in [1.165, 1.54) is 28.7 Å². The molecule has 0 bridgehead atoms. The molecule has 1 saturated heterocycles. The van der Waals surface area contributed by atoms with Crippen LogP contribution in [-0.4, -0.2) is 110 Å². The molecule has 12 N–H and O–H groups in total. The number of methoxy groups -OCH3 is 1. The quantitative estimate of drug-likeness (QED) is 0.0259. The first-order chi connectivity index (χ1) is 50.3. The number of carboxylic acid groups (broad SMARTS) is 1. The molecular formula is C87H119F3N6O12. The van der Waals surface area contributed by atoms with Gasteiger partial charge in [0.15, 0.2) is 0 Å². The van der Waals surface area contributed by atoms with Crippen LogP contribution in [0, 0.1) is 46.5 Å². The number of fused-ring (bicyclic) bond motifs is 5. The largest absolute Gasteiger partial charge is 0.508 e. The number of phenols is 3. The molecule has 5 aromatic carbocycles. The number of amides is 3. The molecule has 2 fully saturated rings. The number of Topliss-reactive ketones (excluding diaryl/α,β-unsaturated/α-hetero) is 1. The van der Waals surface area contributed by atoms with Crippen LogP contribution in [0.2, 0.25) is 0 Å². The fourth-order valence-electron chi connectivity index (χ4n) is 15.1. The third-order valence-electron chi connectivity index (χ3n) is 20.6. The third-order valence-corrected chi connectivity index (χ3v) is 20.6. The lowest BCUT2D eigenvalue weighted by Gasteiger charge is -2.37. The number of ether oxygens (including phenoxy) is 1. The molecule has 3 amide bonds. The molecule has 0 spiro atoms. The Labute approximate surface area is 638 Å². The SMILES string of the molecule is C=C/C=C1\C(=C)CCC[C@H]1NC(=O)C1N2C(=O)[C@@H](N)Cc3ccc(O)cc3[C@H]2CC1(C)C.CC(C)CC(C)(C)C=O.COC(C)CC(C)(C)C(CC(=O)[C@@H](C)Cc1ccc(O)cc1)C(=O)N[C@@H]1CCCc2ccccc21.C[C@@H](Cc1ccc(O)cc1)C(=O)O.N.OCC(F)(F)F.[C-]#[N+][C@@H]1CCCc2ccccc21. The number of nitrogens with zero attached hydrogens (tertiary/aromatic N) is 2. The summed E-state index contributed by atoms with van der Waals surface area (Å²) in [4.78, 5) is 80.4. The number of hydrogen-bond donors (Lipinski definition) is 9. The van der Waals surface area contributed by atoms with Crippen molar-refractivity contribution in [3.8, 4) is 17.2 Å². The third kappa shape index (κ3) is 27.6. The van der Waals surface area contributed by atoms with E-state index >= 15 is 0 Å². The fraction of sp³-hybridized carbons (Fsp3) is 0.506. The summed E-state index contributed by atoms with van der Waals surface area (Å²) in [6.07, 6.45) is 13.3. The van der Waals surface area contributed by atoms with Gasteiger partial charge in [0.25, 0.3) is 0 Å². The second-order valence-corrected chi connectivity index (χ2v) is 31.7. The number of aliphatic hydroxyl groups is 1. The van der Waals surface area contributed by atoms with E-state index in [2.05, 4.69) is 92.7 Å². The molecule has 10 atom stereocenters. The van der Waals surface area contributed by atoms with E-state index in [9.17, 15) is 52.2 Å². The Morgan fingerprint density at radius 2 is 1.26 bits per heavy atom. The molecule has 5 aromatic rings. The van der Waals surface area contributed by atoms with E-state index in [0.717, 1.165) is 97.5 Å². The van der Waals surface area contributed by atoms with Crippen molar-refractivity contribution in [2.75, 3.05) is 13.7 Å². The summed E-state index contributed by atoms with van der Waals surface area (Å²) >= 11 is 0. The normalized spacial score (nSPS) is 20.5. The molecule has 2 heterocycles. The number of carbonyl (C=O) groups is 6. The number of phenolic OH excluding ortho intramolecular Hbond substituents is 3. The summed E-state index contributed by atoms with van der Waals surface area (Å²) in [5.41, 5.74) is 16.2. The minimum Gasteiger partial charge on any atom is -0.508 e. The van der Waals surface area contributed by atoms with Gasteiger partial charge in [0.05, 0.1) is 42.1 Å². The first-order valence-electron chi connectivity index (χ1n) is 37.3. The van der Waals surface area contributed by atoms with Gasteiger partial charge in [-0.25, -0.2) is 6.57 Å². The van der Waals surface area contributed by atoms with Gasteiger partial charge in [0.2, 0.25) is 23.8 Å². The number of carboxylic acids is 1. The Morgan fingerprint density at radius 3 is 1.78 bits per heavy atom. The highest BCUT2D eigenvalue weighted by Gasteiger charge is 2.55. The van der Waals surface area contributed by atoms with Gasteiger partial charge in [-0.15, -0.1) is 0 Å². The van der Waals surface area contributed by atoms with Gasteiger partial charge < -0.3 is 67.3 Å². The van der Waals surface area contributed by atoms with Crippen molar-refractivity contribution in [2.24, 2.45) is 45.7 Å². The summed E-state index contributed by atoms with van der Waals surface area (Å²) in [6, 6.07) is 33.7. The number of alkyl halides is 3. The number of ketones is 1. The molecule has 5 aliphatic rings. The van der Waals surface area contributed by atoms with E-state index in [4.69, 9.17) is 32.4 Å². The minimum absolute atomic E-state index is 0. The number of hydrogen-bond acceptors (Lipinski definition) is 13. The molecule has 590 valence electrons. The average molecular weight is 1500 g/mol. The number of halogens is 3. The number of nitrogens with one attached hydrogen (secondary N) is 2. The van der Waals surface area contributed by atoms with Gasteiger partial charge in [-0.2, -0.15) is 13.2 Å². The Morgan fingerprint density at radius 1 is 0.741 bits per heavy atom. The number of aromatic hydroxyl groups is 3. The maximum Gasteiger partial charge on any atom is 0.411 e. The van der Waals surface area contributed by atoms with Gasteiger partial charge in [0, 0.05) is 36.8 Å². The molecule has 0 radical (unpaired) electrons. The van der Waals surface area contributed by atoms with Crippen molar-refractivity contribution in [2.45, 2.75) is 227 Å². The fourth-order valence-corrected chi connectivity index (χ4v) is 15.1.